The van der Waals surface area contributed by atoms with E-state index in [0.717, 1.165) is 22.4 Å². The molecule has 0 saturated carbocycles. The molecule has 0 heterocycles. The second-order valence-corrected chi connectivity index (χ2v) is 4.10. The van der Waals surface area contributed by atoms with Crippen LogP contribution in [0.15, 0.2) is 12.1 Å². The van der Waals surface area contributed by atoms with Crippen LogP contribution in [0.4, 0.5) is 0 Å². The van der Waals surface area contributed by atoms with Crippen molar-refractivity contribution in [3.8, 4) is 5.75 Å². The molecule has 0 fully saturated rings. The molecule has 0 aliphatic heterocycles. The molecule has 88 valence electrons. The fraction of sp³-hybridized carbons (Fsp3) is 0.462. The summed E-state index contributed by atoms with van der Waals surface area (Å²) in [6.07, 6.45) is 1.38. The highest BCUT2D eigenvalue weighted by atomic mass is 16.7. The van der Waals surface area contributed by atoms with E-state index in [1.807, 2.05) is 19.1 Å². The second-order valence-electron chi connectivity index (χ2n) is 4.10. The van der Waals surface area contributed by atoms with E-state index in [1.165, 1.54) is 6.21 Å². The highest BCUT2D eigenvalue weighted by molar-refractivity contribution is 5.80. The van der Waals surface area contributed by atoms with Gasteiger partial charge in [0, 0.05) is 13.3 Å². The Balaban J connectivity index is 3.13. The van der Waals surface area contributed by atoms with Crippen LogP contribution in [0.1, 0.15) is 36.5 Å². The molecule has 1 N–H and O–H groups in total. The maximum absolute atomic E-state index is 7.34. The van der Waals surface area contributed by atoms with E-state index < -0.39 is 0 Å². The molecule has 3 heteroatoms. The van der Waals surface area contributed by atoms with Gasteiger partial charge in [-0.25, -0.2) is 0 Å². The Morgan fingerprint density at radius 1 is 1.38 bits per heavy atom. The molecule has 3 nitrogen and oxygen atoms in total. The molecule has 0 radical (unpaired) electrons. The molecule has 1 aromatic carbocycles. The molecule has 0 amide bonds. The van der Waals surface area contributed by atoms with Gasteiger partial charge in [0.2, 0.25) is 0 Å². The summed E-state index contributed by atoms with van der Waals surface area (Å²) in [5, 5.41) is 7.34. The number of aryl methyl sites for hydroxylation is 1. The highest BCUT2D eigenvalue weighted by Crippen LogP contribution is 2.29. The van der Waals surface area contributed by atoms with Crippen LogP contribution < -0.4 is 4.74 Å². The zero-order valence-electron chi connectivity index (χ0n) is 10.3. The Morgan fingerprint density at radius 2 is 2.06 bits per heavy atom. The number of hydrogen-bond donors (Lipinski definition) is 1. The van der Waals surface area contributed by atoms with Crippen LogP contribution in [0.3, 0.4) is 0 Å². The van der Waals surface area contributed by atoms with Crippen LogP contribution in [0.2, 0.25) is 0 Å². The third-order valence-corrected chi connectivity index (χ3v) is 2.51. The van der Waals surface area contributed by atoms with E-state index in [9.17, 15) is 0 Å². The van der Waals surface area contributed by atoms with Crippen LogP contribution in [-0.2, 0) is 4.74 Å². The Morgan fingerprint density at radius 3 is 2.56 bits per heavy atom. The molecule has 0 saturated heterocycles. The van der Waals surface area contributed by atoms with Gasteiger partial charge in [-0.2, -0.15) is 0 Å². The van der Waals surface area contributed by atoms with Gasteiger partial charge in [0.25, 0.3) is 0 Å². The van der Waals surface area contributed by atoms with Gasteiger partial charge in [-0.1, -0.05) is 13.8 Å². The summed E-state index contributed by atoms with van der Waals surface area (Å²) < 4.78 is 10.4. The second kappa shape index (κ2) is 5.66. The third kappa shape index (κ3) is 2.83. The molecule has 0 aliphatic carbocycles. The van der Waals surface area contributed by atoms with Crippen molar-refractivity contribution in [3.63, 3.8) is 0 Å². The van der Waals surface area contributed by atoms with Crippen LogP contribution in [0.25, 0.3) is 0 Å². The fourth-order valence-corrected chi connectivity index (χ4v) is 1.57. The van der Waals surface area contributed by atoms with E-state index in [1.54, 1.807) is 7.11 Å². The summed E-state index contributed by atoms with van der Waals surface area (Å²) in [5.74, 6) is 1.21. The minimum Gasteiger partial charge on any atom is -0.467 e. The zero-order valence-corrected chi connectivity index (χ0v) is 10.3. The van der Waals surface area contributed by atoms with Crippen molar-refractivity contribution in [2.75, 3.05) is 13.9 Å². The number of benzene rings is 1. The minimum absolute atomic E-state index is 0.253. The standard InChI is InChI=1S/C13H19NO2/c1-9(2)12-6-11(7-14)10(3)5-13(12)16-8-15-4/h5-7,9,14H,8H2,1-4H3. The fourth-order valence-electron chi connectivity index (χ4n) is 1.57. The van der Waals surface area contributed by atoms with E-state index in [2.05, 4.69) is 13.8 Å². The van der Waals surface area contributed by atoms with Crippen molar-refractivity contribution >= 4 is 6.21 Å². The summed E-state index contributed by atoms with van der Waals surface area (Å²) in [6, 6.07) is 3.98. The van der Waals surface area contributed by atoms with Gasteiger partial charge in [0.1, 0.15) is 5.75 Å². The first kappa shape index (κ1) is 12.7. The Labute approximate surface area is 96.9 Å². The van der Waals surface area contributed by atoms with Gasteiger partial charge in [-0.05, 0) is 41.7 Å². The molecule has 0 spiro atoms. The van der Waals surface area contributed by atoms with E-state index in [4.69, 9.17) is 14.9 Å². The third-order valence-electron chi connectivity index (χ3n) is 2.51. The van der Waals surface area contributed by atoms with E-state index in [-0.39, 0.29) is 6.79 Å². The predicted molar refractivity (Wildman–Crippen MR) is 65.7 cm³/mol. The first-order chi connectivity index (χ1) is 7.60. The van der Waals surface area contributed by atoms with Crippen molar-refractivity contribution in [1.82, 2.24) is 0 Å². The van der Waals surface area contributed by atoms with Crippen molar-refractivity contribution in [3.05, 3.63) is 28.8 Å². The molecule has 0 aromatic heterocycles. The van der Waals surface area contributed by atoms with Crippen molar-refractivity contribution in [2.45, 2.75) is 26.7 Å². The van der Waals surface area contributed by atoms with Gasteiger partial charge in [0.15, 0.2) is 6.79 Å². The lowest BCUT2D eigenvalue weighted by atomic mass is 9.97. The summed E-state index contributed by atoms with van der Waals surface area (Å²) in [7, 11) is 1.61. The summed E-state index contributed by atoms with van der Waals surface area (Å²) in [6.45, 7) is 6.45. The first-order valence-corrected chi connectivity index (χ1v) is 5.37. The number of nitrogens with one attached hydrogen (secondary N) is 1. The molecule has 0 atom stereocenters. The molecule has 1 rings (SSSR count). The summed E-state index contributed by atoms with van der Waals surface area (Å²) in [4.78, 5) is 0. The number of rotatable bonds is 5. The minimum atomic E-state index is 0.253. The Hall–Kier alpha value is -1.35. The molecule has 0 bridgehead atoms. The SMILES string of the molecule is COCOc1cc(C)c(C=N)cc1C(C)C. The Bertz CT molecular complexity index is 372. The lowest BCUT2D eigenvalue weighted by Gasteiger charge is -2.15. The molecule has 0 unspecified atom stereocenters. The maximum atomic E-state index is 7.34. The van der Waals surface area contributed by atoms with Gasteiger partial charge >= 0.3 is 0 Å². The van der Waals surface area contributed by atoms with Gasteiger partial charge < -0.3 is 14.9 Å². The summed E-state index contributed by atoms with van der Waals surface area (Å²) in [5.41, 5.74) is 3.10. The topological polar surface area (TPSA) is 42.3 Å². The lowest BCUT2D eigenvalue weighted by molar-refractivity contribution is 0.0502. The monoisotopic (exact) mass is 221 g/mol. The molecule has 0 aliphatic rings. The highest BCUT2D eigenvalue weighted by Gasteiger charge is 2.10. The van der Waals surface area contributed by atoms with Crippen LogP contribution in [-0.4, -0.2) is 20.1 Å². The van der Waals surface area contributed by atoms with Gasteiger partial charge in [-0.15, -0.1) is 0 Å². The quantitative estimate of drug-likeness (QED) is 0.613. The average Bonchev–Trinajstić information content (AvgIpc) is 2.25. The molecular weight excluding hydrogens is 202 g/mol. The lowest BCUT2D eigenvalue weighted by Crippen LogP contribution is -2.04. The van der Waals surface area contributed by atoms with Gasteiger partial charge in [-0.3, -0.25) is 0 Å². The largest absolute Gasteiger partial charge is 0.467 e. The van der Waals surface area contributed by atoms with Crippen LogP contribution in [0.5, 0.6) is 5.75 Å². The molecule has 1 aromatic rings. The average molecular weight is 221 g/mol. The molecule has 16 heavy (non-hydrogen) atoms. The van der Waals surface area contributed by atoms with Gasteiger partial charge in [0.05, 0.1) is 0 Å². The molecular formula is C13H19NO2. The van der Waals surface area contributed by atoms with Crippen molar-refractivity contribution < 1.29 is 9.47 Å². The van der Waals surface area contributed by atoms with E-state index >= 15 is 0 Å². The van der Waals surface area contributed by atoms with Crippen LogP contribution in [0, 0.1) is 12.3 Å². The Kier molecular flexibility index (Phi) is 4.50. The smallest absolute Gasteiger partial charge is 0.188 e. The predicted octanol–water partition coefficient (Wildman–Crippen LogP) is 3.10. The normalized spacial score (nSPS) is 10.6. The number of ether oxygens (including phenoxy) is 2. The van der Waals surface area contributed by atoms with Crippen molar-refractivity contribution in [1.29, 1.82) is 5.41 Å². The summed E-state index contributed by atoms with van der Waals surface area (Å²) >= 11 is 0. The van der Waals surface area contributed by atoms with E-state index in [0.29, 0.717) is 5.92 Å². The maximum Gasteiger partial charge on any atom is 0.188 e. The number of hydrogen-bond acceptors (Lipinski definition) is 3. The van der Waals surface area contributed by atoms with Crippen LogP contribution >= 0.6 is 0 Å². The first-order valence-electron chi connectivity index (χ1n) is 5.37. The van der Waals surface area contributed by atoms with Crippen molar-refractivity contribution in [2.24, 2.45) is 0 Å². The number of methoxy groups -OCH3 is 1. The zero-order chi connectivity index (χ0) is 12.1.